The Balaban J connectivity index is 1.28. The minimum absolute atomic E-state index is 0.0801. The van der Waals surface area contributed by atoms with Gasteiger partial charge in [-0.3, -0.25) is 0 Å². The highest BCUT2D eigenvalue weighted by Crippen LogP contribution is 2.24. The molecule has 0 unspecified atom stereocenters. The van der Waals surface area contributed by atoms with E-state index in [4.69, 9.17) is 0 Å². The third-order valence-electron chi connectivity index (χ3n) is 6.01. The standard InChI is InChI=1S/C23H29FN4O/c1-18-9-11-26(12-10-18)21-7-5-20(6-8-21)25-23(29)28-15-13-27(14-16-28)22-4-2-3-19(24)17-22/h2-8,17-18H,9-16H2,1H3,(H,25,29). The van der Waals surface area contributed by atoms with Gasteiger partial charge in [0.15, 0.2) is 0 Å². The zero-order chi connectivity index (χ0) is 20.2. The molecule has 154 valence electrons. The van der Waals surface area contributed by atoms with Crippen LogP contribution in [0.2, 0.25) is 0 Å². The van der Waals surface area contributed by atoms with E-state index < -0.39 is 0 Å². The molecule has 0 radical (unpaired) electrons. The van der Waals surface area contributed by atoms with Crippen LogP contribution in [0.5, 0.6) is 0 Å². The quantitative estimate of drug-likeness (QED) is 0.835. The number of hydrogen-bond donors (Lipinski definition) is 1. The Morgan fingerprint density at radius 1 is 0.897 bits per heavy atom. The topological polar surface area (TPSA) is 38.8 Å². The number of piperidine rings is 1. The molecule has 6 heteroatoms. The number of benzene rings is 2. The average molecular weight is 397 g/mol. The van der Waals surface area contributed by atoms with Crippen molar-refractivity contribution in [3.63, 3.8) is 0 Å². The maximum absolute atomic E-state index is 13.4. The summed E-state index contributed by atoms with van der Waals surface area (Å²) >= 11 is 0. The Morgan fingerprint density at radius 3 is 2.21 bits per heavy atom. The zero-order valence-corrected chi connectivity index (χ0v) is 17.0. The number of hydrogen-bond acceptors (Lipinski definition) is 3. The number of rotatable bonds is 3. The predicted molar refractivity (Wildman–Crippen MR) is 116 cm³/mol. The van der Waals surface area contributed by atoms with Gasteiger partial charge in [0.25, 0.3) is 0 Å². The van der Waals surface area contributed by atoms with Crippen molar-refractivity contribution in [1.29, 1.82) is 0 Å². The maximum Gasteiger partial charge on any atom is 0.321 e. The Kier molecular flexibility index (Phi) is 5.88. The van der Waals surface area contributed by atoms with Gasteiger partial charge in [0.2, 0.25) is 0 Å². The average Bonchev–Trinajstić information content (AvgIpc) is 2.75. The van der Waals surface area contributed by atoms with Crippen LogP contribution in [-0.4, -0.2) is 50.2 Å². The van der Waals surface area contributed by atoms with E-state index in [1.807, 2.05) is 23.1 Å². The van der Waals surface area contributed by atoms with Gasteiger partial charge in [-0.15, -0.1) is 0 Å². The zero-order valence-electron chi connectivity index (χ0n) is 17.0. The van der Waals surface area contributed by atoms with Gasteiger partial charge in [-0.05, 0) is 61.2 Å². The van der Waals surface area contributed by atoms with Gasteiger partial charge >= 0.3 is 6.03 Å². The van der Waals surface area contributed by atoms with Crippen LogP contribution in [0.25, 0.3) is 0 Å². The van der Waals surface area contributed by atoms with E-state index in [0.29, 0.717) is 26.2 Å². The number of nitrogens with one attached hydrogen (secondary N) is 1. The van der Waals surface area contributed by atoms with Crippen LogP contribution in [0.3, 0.4) is 0 Å². The van der Waals surface area contributed by atoms with Crippen LogP contribution < -0.4 is 15.1 Å². The molecule has 4 rings (SSSR count). The van der Waals surface area contributed by atoms with Gasteiger partial charge in [0, 0.05) is 56.3 Å². The lowest BCUT2D eigenvalue weighted by atomic mass is 9.99. The van der Waals surface area contributed by atoms with Crippen molar-refractivity contribution in [3.05, 3.63) is 54.3 Å². The normalized spacial score (nSPS) is 18.1. The van der Waals surface area contributed by atoms with Crippen molar-refractivity contribution < 1.29 is 9.18 Å². The van der Waals surface area contributed by atoms with E-state index in [0.717, 1.165) is 30.4 Å². The second kappa shape index (κ2) is 8.72. The first kappa shape index (κ1) is 19.6. The smallest absolute Gasteiger partial charge is 0.321 e. The molecule has 2 aromatic rings. The number of nitrogens with zero attached hydrogens (tertiary/aromatic N) is 3. The summed E-state index contributed by atoms with van der Waals surface area (Å²) in [4.78, 5) is 19.0. The van der Waals surface area contributed by atoms with Crippen LogP contribution in [0.15, 0.2) is 48.5 Å². The van der Waals surface area contributed by atoms with Crippen LogP contribution in [0.1, 0.15) is 19.8 Å². The maximum atomic E-state index is 13.4. The second-order valence-corrected chi connectivity index (χ2v) is 8.10. The van der Waals surface area contributed by atoms with Gasteiger partial charge in [-0.2, -0.15) is 0 Å². The van der Waals surface area contributed by atoms with E-state index in [2.05, 4.69) is 34.2 Å². The fourth-order valence-electron chi connectivity index (χ4n) is 4.07. The molecule has 2 aromatic carbocycles. The molecule has 0 aliphatic carbocycles. The molecule has 0 bridgehead atoms. The first-order valence-corrected chi connectivity index (χ1v) is 10.5. The molecule has 2 amide bonds. The van der Waals surface area contributed by atoms with E-state index in [1.54, 1.807) is 12.1 Å². The van der Waals surface area contributed by atoms with Gasteiger partial charge in [0.1, 0.15) is 5.82 Å². The van der Waals surface area contributed by atoms with E-state index in [9.17, 15) is 9.18 Å². The molecule has 0 atom stereocenters. The van der Waals surface area contributed by atoms with Gasteiger partial charge in [-0.1, -0.05) is 13.0 Å². The summed E-state index contributed by atoms with van der Waals surface area (Å²) in [6, 6.07) is 14.7. The van der Waals surface area contributed by atoms with Crippen LogP contribution in [-0.2, 0) is 0 Å². The molecule has 1 N–H and O–H groups in total. The van der Waals surface area contributed by atoms with Crippen LogP contribution in [0.4, 0.5) is 26.2 Å². The van der Waals surface area contributed by atoms with Crippen molar-refractivity contribution in [2.24, 2.45) is 5.92 Å². The van der Waals surface area contributed by atoms with Crippen molar-refractivity contribution in [1.82, 2.24) is 4.90 Å². The van der Waals surface area contributed by atoms with Gasteiger partial charge in [0.05, 0.1) is 0 Å². The highest BCUT2D eigenvalue weighted by atomic mass is 19.1. The van der Waals surface area contributed by atoms with Crippen LogP contribution in [0, 0.1) is 11.7 Å². The van der Waals surface area contributed by atoms with Crippen LogP contribution >= 0.6 is 0 Å². The lowest BCUT2D eigenvalue weighted by Gasteiger charge is -2.36. The number of amides is 2. The molecule has 2 aliphatic rings. The molecule has 0 saturated carbocycles. The van der Waals surface area contributed by atoms with Crippen molar-refractivity contribution in [2.75, 3.05) is 54.4 Å². The van der Waals surface area contributed by atoms with E-state index in [-0.39, 0.29) is 11.8 Å². The molecular formula is C23H29FN4O. The first-order valence-electron chi connectivity index (χ1n) is 10.5. The Morgan fingerprint density at radius 2 is 1.55 bits per heavy atom. The summed E-state index contributed by atoms with van der Waals surface area (Å²) in [7, 11) is 0. The lowest BCUT2D eigenvalue weighted by molar-refractivity contribution is 0.208. The van der Waals surface area contributed by atoms with Gasteiger partial charge < -0.3 is 20.0 Å². The molecule has 5 nitrogen and oxygen atoms in total. The predicted octanol–water partition coefficient (Wildman–Crippen LogP) is 4.42. The Hall–Kier alpha value is -2.76. The van der Waals surface area contributed by atoms with Crippen molar-refractivity contribution in [3.8, 4) is 0 Å². The molecule has 2 fully saturated rings. The number of anilines is 3. The molecule has 0 spiro atoms. The summed E-state index contributed by atoms with van der Waals surface area (Å²) in [6.07, 6.45) is 2.47. The first-order chi connectivity index (χ1) is 14.1. The highest BCUT2D eigenvalue weighted by molar-refractivity contribution is 5.89. The van der Waals surface area contributed by atoms with Crippen molar-refractivity contribution in [2.45, 2.75) is 19.8 Å². The third kappa shape index (κ3) is 4.81. The number of piperazine rings is 1. The van der Waals surface area contributed by atoms with E-state index >= 15 is 0 Å². The summed E-state index contributed by atoms with van der Waals surface area (Å²) in [5.41, 5.74) is 2.91. The van der Waals surface area contributed by atoms with E-state index in [1.165, 1.54) is 24.6 Å². The summed E-state index contributed by atoms with van der Waals surface area (Å²) < 4.78 is 13.4. The molecule has 2 heterocycles. The molecular weight excluding hydrogens is 367 g/mol. The monoisotopic (exact) mass is 396 g/mol. The number of carbonyl (C=O) groups excluding carboxylic acids is 1. The molecule has 0 aromatic heterocycles. The van der Waals surface area contributed by atoms with Crippen molar-refractivity contribution >= 4 is 23.1 Å². The van der Waals surface area contributed by atoms with Gasteiger partial charge in [-0.25, -0.2) is 9.18 Å². The molecule has 2 saturated heterocycles. The Labute approximate surface area is 172 Å². The highest BCUT2D eigenvalue weighted by Gasteiger charge is 2.22. The second-order valence-electron chi connectivity index (χ2n) is 8.10. The fraction of sp³-hybridized carbons (Fsp3) is 0.435. The fourth-order valence-corrected chi connectivity index (χ4v) is 4.07. The number of carbonyl (C=O) groups is 1. The minimum Gasteiger partial charge on any atom is -0.372 e. The summed E-state index contributed by atoms with van der Waals surface area (Å²) in [5, 5.41) is 3.00. The molecule has 29 heavy (non-hydrogen) atoms. The summed E-state index contributed by atoms with van der Waals surface area (Å²) in [6.45, 7) is 7.14. The lowest BCUT2D eigenvalue weighted by Crippen LogP contribution is -2.50. The number of urea groups is 1. The SMILES string of the molecule is CC1CCN(c2ccc(NC(=O)N3CCN(c4cccc(F)c4)CC3)cc2)CC1. The Bertz CT molecular complexity index is 825. The largest absolute Gasteiger partial charge is 0.372 e. The minimum atomic E-state index is -0.231. The number of halogens is 1. The third-order valence-corrected chi connectivity index (χ3v) is 6.01. The summed E-state index contributed by atoms with van der Waals surface area (Å²) in [5.74, 6) is 0.580. The molecule has 2 aliphatic heterocycles.